The first-order valence-corrected chi connectivity index (χ1v) is 19.5. The first kappa shape index (κ1) is 32.9. The Bertz CT molecular complexity index is 3320. The first-order chi connectivity index (χ1) is 28.2. The standard InChI is InChI=1S/C52H35N5/c1-2-47-55-51-46(57(47)38-18-4-3-5-19-38)31-30-41-40-21-8-10-24-44(40)53-49(48(41)51)35-28-26-33(27-29-35)36-16-12-17-37(32-36)52-54-45-25-11-9-22-43(45)50(56-52)42-23-13-15-34-14-6-7-20-39(34)42/h3-32H,2H2,1H3. The Morgan fingerprint density at radius 2 is 1.11 bits per heavy atom. The van der Waals surface area contributed by atoms with Gasteiger partial charge in [-0.3, -0.25) is 4.57 Å². The zero-order chi connectivity index (χ0) is 37.9. The number of fused-ring (bicyclic) bond motifs is 7. The number of aryl methyl sites for hydroxylation is 1. The third kappa shape index (κ3) is 5.47. The minimum atomic E-state index is 0.701. The van der Waals surface area contributed by atoms with E-state index in [2.05, 4.69) is 187 Å². The van der Waals surface area contributed by atoms with Gasteiger partial charge in [-0.2, -0.15) is 0 Å². The van der Waals surface area contributed by atoms with Crippen LogP contribution in [-0.4, -0.2) is 24.5 Å². The molecule has 8 aromatic carbocycles. The first-order valence-electron chi connectivity index (χ1n) is 19.5. The molecule has 57 heavy (non-hydrogen) atoms. The minimum Gasteiger partial charge on any atom is -0.296 e. The van der Waals surface area contributed by atoms with Gasteiger partial charge in [-0.05, 0) is 63.7 Å². The molecule has 0 bridgehead atoms. The Balaban J connectivity index is 1.03. The number of aromatic nitrogens is 5. The van der Waals surface area contributed by atoms with Gasteiger partial charge in [-0.15, -0.1) is 0 Å². The molecule has 0 unspecified atom stereocenters. The SMILES string of the molecule is CCc1nc2c3c(-c4ccc(-c5cccc(-c6nc(-c7cccc8ccccc78)c7ccccc7n6)c5)cc4)nc4ccccc4c3ccc2n1-c1ccccc1. The molecule has 0 aliphatic rings. The molecule has 268 valence electrons. The van der Waals surface area contributed by atoms with E-state index in [-0.39, 0.29) is 0 Å². The molecule has 0 atom stereocenters. The summed E-state index contributed by atoms with van der Waals surface area (Å²) in [5.41, 5.74) is 12.2. The Morgan fingerprint density at radius 1 is 0.439 bits per heavy atom. The summed E-state index contributed by atoms with van der Waals surface area (Å²) in [4.78, 5) is 21.0. The summed E-state index contributed by atoms with van der Waals surface area (Å²) in [5.74, 6) is 1.73. The molecule has 0 saturated carbocycles. The van der Waals surface area contributed by atoms with E-state index in [9.17, 15) is 0 Å². The smallest absolute Gasteiger partial charge is 0.160 e. The summed E-state index contributed by atoms with van der Waals surface area (Å²) in [6.45, 7) is 2.17. The fourth-order valence-corrected chi connectivity index (χ4v) is 8.44. The molecule has 0 N–H and O–H groups in total. The van der Waals surface area contributed by atoms with E-state index >= 15 is 0 Å². The molecule has 0 aliphatic heterocycles. The fourth-order valence-electron chi connectivity index (χ4n) is 8.44. The van der Waals surface area contributed by atoms with Crippen LogP contribution in [0.1, 0.15) is 12.7 Å². The zero-order valence-corrected chi connectivity index (χ0v) is 31.3. The van der Waals surface area contributed by atoms with Crippen molar-refractivity contribution in [3.63, 3.8) is 0 Å². The predicted molar refractivity (Wildman–Crippen MR) is 236 cm³/mol. The summed E-state index contributed by atoms with van der Waals surface area (Å²) in [5, 5.41) is 6.74. The van der Waals surface area contributed by atoms with Gasteiger partial charge in [0, 0.05) is 45.0 Å². The van der Waals surface area contributed by atoms with Crippen LogP contribution < -0.4 is 0 Å². The lowest BCUT2D eigenvalue weighted by molar-refractivity contribution is 0.908. The molecule has 0 amide bonds. The van der Waals surface area contributed by atoms with Crippen molar-refractivity contribution < 1.29 is 0 Å². The number of para-hydroxylation sites is 3. The summed E-state index contributed by atoms with van der Waals surface area (Å²) in [6.07, 6.45) is 0.809. The van der Waals surface area contributed by atoms with Crippen molar-refractivity contribution in [2.24, 2.45) is 0 Å². The van der Waals surface area contributed by atoms with Crippen LogP contribution in [0.4, 0.5) is 0 Å². The molecule has 3 aromatic heterocycles. The molecular formula is C52H35N5. The Kier molecular flexibility index (Phi) is 7.71. The lowest BCUT2D eigenvalue weighted by Crippen LogP contribution is -1.99. The van der Waals surface area contributed by atoms with Crippen molar-refractivity contribution in [1.82, 2.24) is 24.5 Å². The maximum Gasteiger partial charge on any atom is 0.160 e. The number of pyridine rings is 1. The van der Waals surface area contributed by atoms with Crippen LogP contribution in [-0.2, 0) is 6.42 Å². The molecule has 11 aromatic rings. The normalized spacial score (nSPS) is 11.7. The van der Waals surface area contributed by atoms with Gasteiger partial charge in [-0.1, -0.05) is 153 Å². The maximum absolute atomic E-state index is 5.33. The van der Waals surface area contributed by atoms with E-state index in [0.29, 0.717) is 5.82 Å². The summed E-state index contributed by atoms with van der Waals surface area (Å²) in [6, 6.07) is 63.9. The van der Waals surface area contributed by atoms with Crippen molar-refractivity contribution in [2.45, 2.75) is 13.3 Å². The van der Waals surface area contributed by atoms with Crippen molar-refractivity contribution in [1.29, 1.82) is 0 Å². The van der Waals surface area contributed by atoms with Gasteiger partial charge in [0.2, 0.25) is 0 Å². The molecular weight excluding hydrogens is 695 g/mol. The summed E-state index contributed by atoms with van der Waals surface area (Å²) >= 11 is 0. The summed E-state index contributed by atoms with van der Waals surface area (Å²) in [7, 11) is 0. The van der Waals surface area contributed by atoms with Crippen LogP contribution >= 0.6 is 0 Å². The molecule has 3 heterocycles. The second-order valence-corrected chi connectivity index (χ2v) is 14.5. The highest BCUT2D eigenvalue weighted by molar-refractivity contribution is 6.20. The van der Waals surface area contributed by atoms with E-state index in [4.69, 9.17) is 19.9 Å². The molecule has 5 nitrogen and oxygen atoms in total. The lowest BCUT2D eigenvalue weighted by atomic mass is 9.96. The van der Waals surface area contributed by atoms with E-state index in [0.717, 1.165) is 101 Å². The van der Waals surface area contributed by atoms with Crippen LogP contribution in [0.25, 0.3) is 105 Å². The summed E-state index contributed by atoms with van der Waals surface area (Å²) < 4.78 is 2.29. The maximum atomic E-state index is 5.33. The van der Waals surface area contributed by atoms with Crippen LogP contribution in [0.2, 0.25) is 0 Å². The molecule has 0 spiro atoms. The van der Waals surface area contributed by atoms with Crippen molar-refractivity contribution in [3.05, 3.63) is 188 Å². The highest BCUT2D eigenvalue weighted by atomic mass is 15.1. The predicted octanol–water partition coefficient (Wildman–Crippen LogP) is 13.1. The van der Waals surface area contributed by atoms with Crippen molar-refractivity contribution >= 4 is 54.4 Å². The zero-order valence-electron chi connectivity index (χ0n) is 31.3. The van der Waals surface area contributed by atoms with Crippen LogP contribution in [0, 0.1) is 0 Å². The number of nitrogens with zero attached hydrogens (tertiary/aromatic N) is 5. The van der Waals surface area contributed by atoms with Gasteiger partial charge in [0.1, 0.15) is 5.82 Å². The molecule has 0 radical (unpaired) electrons. The number of rotatable bonds is 6. The molecule has 0 saturated heterocycles. The second kappa shape index (κ2) is 13.4. The second-order valence-electron chi connectivity index (χ2n) is 14.5. The topological polar surface area (TPSA) is 56.5 Å². The Labute approximate surface area is 329 Å². The van der Waals surface area contributed by atoms with Crippen LogP contribution in [0.15, 0.2) is 182 Å². The van der Waals surface area contributed by atoms with E-state index in [1.807, 2.05) is 6.07 Å². The quantitative estimate of drug-likeness (QED) is 0.160. The third-order valence-corrected chi connectivity index (χ3v) is 11.2. The molecule has 0 fully saturated rings. The van der Waals surface area contributed by atoms with Gasteiger partial charge >= 0.3 is 0 Å². The third-order valence-electron chi connectivity index (χ3n) is 11.2. The number of hydrogen-bond donors (Lipinski definition) is 0. The van der Waals surface area contributed by atoms with Gasteiger partial charge in [0.25, 0.3) is 0 Å². The van der Waals surface area contributed by atoms with Gasteiger partial charge in [-0.25, -0.2) is 19.9 Å². The molecule has 11 rings (SSSR count). The molecule has 0 aliphatic carbocycles. The minimum absolute atomic E-state index is 0.701. The van der Waals surface area contributed by atoms with Gasteiger partial charge in [0.05, 0.1) is 33.5 Å². The van der Waals surface area contributed by atoms with E-state index < -0.39 is 0 Å². The number of imidazole rings is 1. The van der Waals surface area contributed by atoms with Crippen LogP contribution in [0.3, 0.4) is 0 Å². The Morgan fingerprint density at radius 3 is 1.93 bits per heavy atom. The van der Waals surface area contributed by atoms with E-state index in [1.165, 1.54) is 10.8 Å². The van der Waals surface area contributed by atoms with E-state index in [1.54, 1.807) is 0 Å². The average Bonchev–Trinajstić information content (AvgIpc) is 3.68. The molecule has 5 heteroatoms. The van der Waals surface area contributed by atoms with Crippen molar-refractivity contribution in [3.8, 4) is 50.7 Å². The largest absolute Gasteiger partial charge is 0.296 e. The Hall–Kier alpha value is -7.50. The average molecular weight is 730 g/mol. The van der Waals surface area contributed by atoms with Crippen molar-refractivity contribution in [2.75, 3.05) is 0 Å². The van der Waals surface area contributed by atoms with Crippen LogP contribution in [0.5, 0.6) is 0 Å². The lowest BCUT2D eigenvalue weighted by Gasteiger charge is -2.13. The van der Waals surface area contributed by atoms with Gasteiger partial charge < -0.3 is 0 Å². The number of hydrogen-bond acceptors (Lipinski definition) is 4. The number of benzene rings is 8. The van der Waals surface area contributed by atoms with Gasteiger partial charge in [0.15, 0.2) is 5.82 Å². The highest BCUT2D eigenvalue weighted by Crippen LogP contribution is 2.39. The monoisotopic (exact) mass is 729 g/mol. The highest BCUT2D eigenvalue weighted by Gasteiger charge is 2.20. The fraction of sp³-hybridized carbons (Fsp3) is 0.0385.